The van der Waals surface area contributed by atoms with E-state index in [1.54, 1.807) is 0 Å². The predicted octanol–water partition coefficient (Wildman–Crippen LogP) is 1.18. The number of hydrogen-bond acceptors (Lipinski definition) is 2. The zero-order valence-electron chi connectivity index (χ0n) is 8.31. The number of nitrogens with two attached hydrogens (primary N) is 1. The van der Waals surface area contributed by atoms with Crippen molar-refractivity contribution in [1.29, 1.82) is 0 Å². The first-order valence-corrected chi connectivity index (χ1v) is 4.98. The minimum atomic E-state index is -4.12. The van der Waals surface area contributed by atoms with E-state index in [1.807, 2.05) is 0 Å². The zero-order chi connectivity index (χ0) is 11.5. The smallest absolute Gasteiger partial charge is 0.369 e. The SMILES string of the molecule is NC(=O)CNC1CCCC(C(F)(F)F)C1. The normalized spacial score (nSPS) is 27.7. The fourth-order valence-corrected chi connectivity index (χ4v) is 1.92. The van der Waals surface area contributed by atoms with Crippen molar-refractivity contribution in [2.45, 2.75) is 37.9 Å². The van der Waals surface area contributed by atoms with E-state index < -0.39 is 18.0 Å². The molecule has 2 atom stereocenters. The summed E-state index contributed by atoms with van der Waals surface area (Å²) in [5, 5.41) is 2.75. The Balaban J connectivity index is 2.39. The third-order valence-electron chi connectivity index (χ3n) is 2.70. The summed E-state index contributed by atoms with van der Waals surface area (Å²) < 4.78 is 37.2. The van der Waals surface area contributed by atoms with E-state index in [2.05, 4.69) is 5.32 Å². The van der Waals surface area contributed by atoms with Gasteiger partial charge >= 0.3 is 6.18 Å². The molecule has 0 saturated heterocycles. The van der Waals surface area contributed by atoms with Crippen LogP contribution >= 0.6 is 0 Å². The van der Waals surface area contributed by atoms with Crippen LogP contribution in [0.3, 0.4) is 0 Å². The monoisotopic (exact) mass is 224 g/mol. The van der Waals surface area contributed by atoms with Gasteiger partial charge in [-0.05, 0) is 19.3 Å². The highest BCUT2D eigenvalue weighted by Gasteiger charge is 2.41. The second kappa shape index (κ2) is 4.83. The highest BCUT2D eigenvalue weighted by Crippen LogP contribution is 2.37. The van der Waals surface area contributed by atoms with Crippen molar-refractivity contribution in [3.05, 3.63) is 0 Å². The fourth-order valence-electron chi connectivity index (χ4n) is 1.92. The summed E-state index contributed by atoms with van der Waals surface area (Å²) in [4.78, 5) is 10.5. The number of alkyl halides is 3. The number of amides is 1. The average molecular weight is 224 g/mol. The molecule has 2 unspecified atom stereocenters. The Kier molecular flexibility index (Phi) is 3.96. The van der Waals surface area contributed by atoms with Crippen molar-refractivity contribution < 1.29 is 18.0 Å². The van der Waals surface area contributed by atoms with Gasteiger partial charge in [0.25, 0.3) is 0 Å². The van der Waals surface area contributed by atoms with Gasteiger partial charge in [-0.2, -0.15) is 13.2 Å². The van der Waals surface area contributed by atoms with Crippen LogP contribution in [0.5, 0.6) is 0 Å². The molecule has 0 spiro atoms. The summed E-state index contributed by atoms with van der Waals surface area (Å²) >= 11 is 0. The lowest BCUT2D eigenvalue weighted by atomic mass is 9.85. The van der Waals surface area contributed by atoms with Crippen molar-refractivity contribution in [3.8, 4) is 0 Å². The molecule has 1 saturated carbocycles. The molecule has 1 amide bonds. The molecule has 1 fully saturated rings. The van der Waals surface area contributed by atoms with Crippen LogP contribution in [0.4, 0.5) is 13.2 Å². The van der Waals surface area contributed by atoms with Gasteiger partial charge < -0.3 is 11.1 Å². The van der Waals surface area contributed by atoms with Crippen molar-refractivity contribution in [2.75, 3.05) is 6.54 Å². The first-order valence-electron chi connectivity index (χ1n) is 4.98. The molecular weight excluding hydrogens is 209 g/mol. The number of hydrogen-bond donors (Lipinski definition) is 2. The van der Waals surface area contributed by atoms with E-state index >= 15 is 0 Å². The first kappa shape index (κ1) is 12.3. The number of nitrogens with one attached hydrogen (secondary N) is 1. The second-order valence-electron chi connectivity index (χ2n) is 3.95. The summed E-state index contributed by atoms with van der Waals surface area (Å²) in [7, 11) is 0. The van der Waals surface area contributed by atoms with Gasteiger partial charge in [-0.25, -0.2) is 0 Å². The number of halogens is 3. The van der Waals surface area contributed by atoms with Crippen LogP contribution in [0.1, 0.15) is 25.7 Å². The molecule has 15 heavy (non-hydrogen) atoms. The van der Waals surface area contributed by atoms with Gasteiger partial charge in [-0.15, -0.1) is 0 Å². The minimum Gasteiger partial charge on any atom is -0.369 e. The summed E-state index contributed by atoms with van der Waals surface area (Å²) in [6.45, 7) is -0.0464. The lowest BCUT2D eigenvalue weighted by Gasteiger charge is -2.30. The molecule has 0 radical (unpaired) electrons. The van der Waals surface area contributed by atoms with Crippen LogP contribution in [-0.2, 0) is 4.79 Å². The van der Waals surface area contributed by atoms with E-state index in [0.717, 1.165) is 0 Å². The molecule has 88 valence electrons. The highest BCUT2D eigenvalue weighted by atomic mass is 19.4. The van der Waals surface area contributed by atoms with Crippen LogP contribution in [0.15, 0.2) is 0 Å². The Bertz CT molecular complexity index is 230. The van der Waals surface area contributed by atoms with Crippen LogP contribution in [0, 0.1) is 5.92 Å². The van der Waals surface area contributed by atoms with E-state index in [4.69, 9.17) is 5.73 Å². The quantitative estimate of drug-likeness (QED) is 0.756. The minimum absolute atomic E-state index is 0.0464. The van der Waals surface area contributed by atoms with Crippen molar-refractivity contribution in [3.63, 3.8) is 0 Å². The van der Waals surface area contributed by atoms with Gasteiger partial charge in [-0.3, -0.25) is 4.79 Å². The molecule has 3 nitrogen and oxygen atoms in total. The van der Waals surface area contributed by atoms with Crippen molar-refractivity contribution in [1.82, 2.24) is 5.32 Å². The van der Waals surface area contributed by atoms with Crippen LogP contribution in [-0.4, -0.2) is 24.7 Å². The number of carbonyl (C=O) groups is 1. The summed E-state index contributed by atoms with van der Waals surface area (Å²) in [5.74, 6) is -1.78. The lowest BCUT2D eigenvalue weighted by molar-refractivity contribution is -0.183. The Labute approximate surface area is 86.2 Å². The van der Waals surface area contributed by atoms with E-state index in [-0.39, 0.29) is 25.4 Å². The molecular formula is C9H15F3N2O. The Morgan fingerprint density at radius 3 is 2.60 bits per heavy atom. The summed E-state index contributed by atoms with van der Waals surface area (Å²) in [6, 6.07) is -0.238. The van der Waals surface area contributed by atoms with Crippen LogP contribution < -0.4 is 11.1 Å². The summed E-state index contributed by atoms with van der Waals surface area (Å²) in [6.07, 6.45) is -2.65. The largest absolute Gasteiger partial charge is 0.391 e. The molecule has 0 aromatic rings. The van der Waals surface area contributed by atoms with E-state index in [9.17, 15) is 18.0 Å². The standard InChI is InChI=1S/C9H15F3N2O/c10-9(11,12)6-2-1-3-7(4-6)14-5-8(13)15/h6-7,14H,1-5H2,(H2,13,15). The third kappa shape index (κ3) is 4.07. The molecule has 0 aromatic carbocycles. The maximum atomic E-state index is 12.4. The topological polar surface area (TPSA) is 55.1 Å². The fraction of sp³-hybridized carbons (Fsp3) is 0.889. The molecule has 0 aliphatic heterocycles. The van der Waals surface area contributed by atoms with Crippen LogP contribution in [0.2, 0.25) is 0 Å². The van der Waals surface area contributed by atoms with Gasteiger partial charge in [0.05, 0.1) is 12.5 Å². The molecule has 1 aliphatic carbocycles. The van der Waals surface area contributed by atoms with Gasteiger partial charge in [0.2, 0.25) is 5.91 Å². The number of carbonyl (C=O) groups excluding carboxylic acids is 1. The second-order valence-corrected chi connectivity index (χ2v) is 3.95. The highest BCUT2D eigenvalue weighted by molar-refractivity contribution is 5.75. The van der Waals surface area contributed by atoms with Crippen molar-refractivity contribution >= 4 is 5.91 Å². The first-order chi connectivity index (χ1) is 6.89. The predicted molar refractivity (Wildman–Crippen MR) is 49.0 cm³/mol. The van der Waals surface area contributed by atoms with Crippen molar-refractivity contribution in [2.24, 2.45) is 11.7 Å². The van der Waals surface area contributed by atoms with E-state index in [1.165, 1.54) is 0 Å². The zero-order valence-corrected chi connectivity index (χ0v) is 8.31. The van der Waals surface area contributed by atoms with Gasteiger partial charge in [0.1, 0.15) is 0 Å². The maximum absolute atomic E-state index is 12.4. The number of primary amides is 1. The molecule has 6 heteroatoms. The number of rotatable bonds is 3. The molecule has 1 aliphatic rings. The van der Waals surface area contributed by atoms with Gasteiger partial charge in [0, 0.05) is 6.04 Å². The van der Waals surface area contributed by atoms with Gasteiger partial charge in [0.15, 0.2) is 0 Å². The van der Waals surface area contributed by atoms with Gasteiger partial charge in [-0.1, -0.05) is 6.42 Å². The average Bonchev–Trinajstić information content (AvgIpc) is 2.14. The molecule has 3 N–H and O–H groups in total. The third-order valence-corrected chi connectivity index (χ3v) is 2.70. The molecule has 1 rings (SSSR count). The molecule has 0 heterocycles. The Morgan fingerprint density at radius 2 is 2.07 bits per heavy atom. The molecule has 0 aromatic heterocycles. The maximum Gasteiger partial charge on any atom is 0.391 e. The van der Waals surface area contributed by atoms with Crippen LogP contribution in [0.25, 0.3) is 0 Å². The lowest BCUT2D eigenvalue weighted by Crippen LogP contribution is -2.42. The Hall–Kier alpha value is -0.780. The Morgan fingerprint density at radius 1 is 1.40 bits per heavy atom. The summed E-state index contributed by atoms with van der Waals surface area (Å²) in [5.41, 5.74) is 4.91. The molecule has 0 bridgehead atoms. The van der Waals surface area contributed by atoms with E-state index in [0.29, 0.717) is 12.8 Å².